The molecule has 0 saturated carbocycles. The number of rotatable bonds is 3. The fourth-order valence-corrected chi connectivity index (χ4v) is 3.14. The average Bonchev–Trinajstić information content (AvgIpc) is 2.88. The second kappa shape index (κ2) is 5.54. The van der Waals surface area contributed by atoms with Gasteiger partial charge in [0, 0.05) is 18.0 Å². The summed E-state index contributed by atoms with van der Waals surface area (Å²) in [6.07, 6.45) is 5.48. The largest absolute Gasteiger partial charge is 0.380 e. The molecule has 0 atom stereocenters. The van der Waals surface area contributed by atoms with E-state index in [0.29, 0.717) is 5.15 Å². The molecule has 1 N–H and O–H groups in total. The number of thiophene rings is 1. The minimum atomic E-state index is 0.447. The van der Waals surface area contributed by atoms with Gasteiger partial charge in [0.1, 0.15) is 10.7 Å². The van der Waals surface area contributed by atoms with Gasteiger partial charge >= 0.3 is 0 Å². The van der Waals surface area contributed by atoms with E-state index in [4.69, 9.17) is 18.0 Å². The van der Waals surface area contributed by atoms with E-state index < -0.39 is 0 Å². The van der Waals surface area contributed by atoms with Gasteiger partial charge < -0.3 is 5.32 Å². The first kappa shape index (κ1) is 13.0. The van der Waals surface area contributed by atoms with Crippen LogP contribution in [0, 0.1) is 12.3 Å². The average molecular weight is 299 g/mol. The van der Waals surface area contributed by atoms with Crippen molar-refractivity contribution in [2.75, 3.05) is 5.32 Å². The number of nitrogens with one attached hydrogen (secondary N) is 1. The highest BCUT2D eigenvalue weighted by Gasteiger charge is 2.10. The number of halogens is 1. The van der Waals surface area contributed by atoms with Crippen molar-refractivity contribution in [1.82, 2.24) is 4.98 Å². The highest BCUT2D eigenvalue weighted by atomic mass is 35.5. The van der Waals surface area contributed by atoms with Gasteiger partial charge in [0.05, 0.1) is 16.0 Å². The number of pyridine rings is 1. The number of hydrogen-bond acceptors (Lipinski definition) is 3. The molecule has 3 aromatic rings. The lowest BCUT2D eigenvalue weighted by atomic mass is 10.2. The van der Waals surface area contributed by atoms with Crippen molar-refractivity contribution in [3.63, 3.8) is 0 Å². The maximum absolute atomic E-state index is 6.08. The summed E-state index contributed by atoms with van der Waals surface area (Å²) >= 11 is 7.66. The van der Waals surface area contributed by atoms with Gasteiger partial charge in [0.25, 0.3) is 0 Å². The zero-order valence-corrected chi connectivity index (χ0v) is 12.1. The third-order valence-electron chi connectivity index (χ3n) is 2.97. The van der Waals surface area contributed by atoms with Gasteiger partial charge in [-0.05, 0) is 5.56 Å². The fraction of sp³-hybridized carbons (Fsp3) is 0.0625. The first-order valence-corrected chi connectivity index (χ1v) is 7.36. The molecule has 0 spiro atoms. The predicted molar refractivity (Wildman–Crippen MR) is 86.3 cm³/mol. The van der Waals surface area contributed by atoms with Gasteiger partial charge in [-0.15, -0.1) is 17.8 Å². The molecular formula is C16H11ClN2S. The maximum Gasteiger partial charge on any atom is 0.131 e. The lowest BCUT2D eigenvalue weighted by molar-refractivity contribution is 1.15. The van der Waals surface area contributed by atoms with Crippen molar-refractivity contribution in [3.05, 3.63) is 58.1 Å². The van der Waals surface area contributed by atoms with Crippen molar-refractivity contribution in [1.29, 1.82) is 0 Å². The van der Waals surface area contributed by atoms with Gasteiger partial charge in [-0.25, -0.2) is 4.98 Å². The summed E-state index contributed by atoms with van der Waals surface area (Å²) in [6.45, 7) is 0.736. The molecule has 20 heavy (non-hydrogen) atoms. The molecule has 3 rings (SSSR count). The Morgan fingerprint density at radius 2 is 2.10 bits per heavy atom. The first-order chi connectivity index (χ1) is 9.78. The molecule has 0 saturated heterocycles. The van der Waals surface area contributed by atoms with E-state index in [1.165, 1.54) is 5.56 Å². The molecule has 0 bridgehead atoms. The molecule has 0 aliphatic rings. The molecule has 2 heterocycles. The summed E-state index contributed by atoms with van der Waals surface area (Å²) in [5.41, 5.74) is 3.76. The molecule has 4 heteroatoms. The van der Waals surface area contributed by atoms with Crippen LogP contribution >= 0.6 is 22.9 Å². The first-order valence-electron chi connectivity index (χ1n) is 6.10. The van der Waals surface area contributed by atoms with Gasteiger partial charge in [0.2, 0.25) is 0 Å². The van der Waals surface area contributed by atoms with Crippen molar-refractivity contribution in [2.45, 2.75) is 6.54 Å². The monoisotopic (exact) mass is 298 g/mol. The zero-order chi connectivity index (χ0) is 13.9. The third kappa shape index (κ3) is 2.49. The van der Waals surface area contributed by atoms with Crippen LogP contribution in [0.3, 0.4) is 0 Å². The predicted octanol–water partition coefficient (Wildman–Crippen LogP) is 4.54. The van der Waals surface area contributed by atoms with Crippen LogP contribution in [0.25, 0.3) is 10.2 Å². The summed E-state index contributed by atoms with van der Waals surface area (Å²) in [5, 5.41) is 5.78. The minimum absolute atomic E-state index is 0.447. The summed E-state index contributed by atoms with van der Waals surface area (Å²) in [6, 6.07) is 12.0. The Labute approximate surface area is 126 Å². The van der Waals surface area contributed by atoms with Gasteiger partial charge in [-0.3, -0.25) is 0 Å². The Morgan fingerprint density at radius 3 is 2.85 bits per heavy atom. The second-order valence-corrected chi connectivity index (χ2v) is 5.57. The van der Waals surface area contributed by atoms with Crippen molar-refractivity contribution in [2.24, 2.45) is 0 Å². The fourth-order valence-electron chi connectivity index (χ4n) is 2.00. The van der Waals surface area contributed by atoms with E-state index in [2.05, 4.69) is 28.4 Å². The highest BCUT2D eigenvalue weighted by Crippen LogP contribution is 2.32. The van der Waals surface area contributed by atoms with Crippen LogP contribution in [0.2, 0.25) is 5.15 Å². The van der Waals surface area contributed by atoms with Crippen LogP contribution in [-0.4, -0.2) is 4.98 Å². The molecule has 0 radical (unpaired) electrons. The summed E-state index contributed by atoms with van der Waals surface area (Å²) in [7, 11) is 0. The Hall–Kier alpha value is -2.02. The lowest BCUT2D eigenvalue weighted by Crippen LogP contribution is -1.99. The number of terminal acetylenes is 1. The summed E-state index contributed by atoms with van der Waals surface area (Å²) < 4.78 is 1.04. The van der Waals surface area contributed by atoms with Gasteiger partial charge in [0.15, 0.2) is 0 Å². The third-order valence-corrected chi connectivity index (χ3v) is 4.17. The van der Waals surface area contributed by atoms with Gasteiger partial charge in [-0.1, -0.05) is 47.9 Å². The van der Waals surface area contributed by atoms with Crippen LogP contribution < -0.4 is 5.32 Å². The van der Waals surface area contributed by atoms with E-state index in [1.807, 2.05) is 29.6 Å². The van der Waals surface area contributed by atoms with Crippen molar-refractivity contribution >= 4 is 38.8 Å². The molecular weight excluding hydrogens is 288 g/mol. The van der Waals surface area contributed by atoms with E-state index in [1.54, 1.807) is 11.3 Å². The Balaban J connectivity index is 1.95. The topological polar surface area (TPSA) is 24.9 Å². The minimum Gasteiger partial charge on any atom is -0.380 e. The number of aromatic nitrogens is 1. The van der Waals surface area contributed by atoms with Crippen LogP contribution in [0.5, 0.6) is 0 Å². The van der Waals surface area contributed by atoms with Crippen molar-refractivity contribution < 1.29 is 0 Å². The molecule has 0 aliphatic heterocycles. The molecule has 0 amide bonds. The van der Waals surface area contributed by atoms with Gasteiger partial charge in [-0.2, -0.15) is 0 Å². The van der Waals surface area contributed by atoms with E-state index >= 15 is 0 Å². The molecule has 2 nitrogen and oxygen atoms in total. The summed E-state index contributed by atoms with van der Waals surface area (Å²) in [5.74, 6) is 2.64. The number of nitrogens with zero attached hydrogens (tertiary/aromatic N) is 1. The Morgan fingerprint density at radius 1 is 1.30 bits per heavy atom. The molecule has 0 fully saturated rings. The summed E-state index contributed by atoms with van der Waals surface area (Å²) in [4.78, 5) is 4.32. The van der Waals surface area contributed by atoms with E-state index in [9.17, 15) is 0 Å². The molecule has 0 aliphatic carbocycles. The molecule has 1 aromatic carbocycles. The zero-order valence-electron chi connectivity index (χ0n) is 10.6. The lowest BCUT2D eigenvalue weighted by Gasteiger charge is -2.08. The maximum atomic E-state index is 6.08. The Bertz CT molecular complexity index is 787. The molecule has 2 aromatic heterocycles. The second-order valence-electron chi connectivity index (χ2n) is 4.30. The van der Waals surface area contributed by atoms with Crippen LogP contribution in [-0.2, 0) is 6.54 Å². The van der Waals surface area contributed by atoms with E-state index in [-0.39, 0.29) is 0 Å². The quantitative estimate of drug-likeness (QED) is 0.567. The van der Waals surface area contributed by atoms with E-state index in [0.717, 1.165) is 28.0 Å². The Kier molecular flexibility index (Phi) is 3.60. The SMILES string of the molecule is C#Cc1csc2c(NCc3ccccc3)cc(Cl)nc12. The molecule has 98 valence electrons. The number of anilines is 1. The smallest absolute Gasteiger partial charge is 0.131 e. The molecule has 0 unspecified atom stereocenters. The van der Waals surface area contributed by atoms with Crippen LogP contribution in [0.1, 0.15) is 11.1 Å². The standard InChI is InChI=1S/C16H11ClN2S/c1-2-12-10-20-16-13(8-14(17)19-15(12)16)18-9-11-6-4-3-5-7-11/h1,3-8,10H,9H2,(H,18,19). The van der Waals surface area contributed by atoms with Crippen LogP contribution in [0.4, 0.5) is 5.69 Å². The van der Waals surface area contributed by atoms with Crippen LogP contribution in [0.15, 0.2) is 41.8 Å². The number of fused-ring (bicyclic) bond motifs is 1. The number of benzene rings is 1. The number of hydrogen-bond donors (Lipinski definition) is 1. The highest BCUT2D eigenvalue weighted by molar-refractivity contribution is 7.18. The van der Waals surface area contributed by atoms with Crippen molar-refractivity contribution in [3.8, 4) is 12.3 Å². The normalized spacial score (nSPS) is 10.4.